The van der Waals surface area contributed by atoms with E-state index in [1.807, 2.05) is 0 Å². The van der Waals surface area contributed by atoms with Crippen LogP contribution in [0.15, 0.2) is 24.5 Å². The Morgan fingerprint density at radius 2 is 2.50 bits per heavy atom. The fourth-order valence-electron chi connectivity index (χ4n) is 0.479. The Kier molecular flexibility index (Phi) is 1.73. The van der Waals surface area contributed by atoms with Crippen LogP contribution in [0.2, 0.25) is 0 Å². The zero-order valence-corrected chi connectivity index (χ0v) is 4.92. The maximum absolute atomic E-state index is 11.5. The van der Waals surface area contributed by atoms with E-state index in [4.69, 9.17) is 1.37 Å². The highest BCUT2D eigenvalue weighted by Gasteiger charge is 2.01. The third-order valence-corrected chi connectivity index (χ3v) is 0.814. The van der Waals surface area contributed by atoms with Gasteiger partial charge in [0.15, 0.2) is 0 Å². The molecule has 54 valence electrons. The summed E-state index contributed by atoms with van der Waals surface area (Å²) in [5.74, 6) is -0.0315. The van der Waals surface area contributed by atoms with E-state index >= 15 is 0 Å². The molecule has 0 amide bonds. The average Bonchev–Trinajstić information content (AvgIpc) is 1.93. The molecule has 10 heavy (non-hydrogen) atoms. The highest BCUT2D eigenvalue weighted by Crippen LogP contribution is 2.09. The summed E-state index contributed by atoms with van der Waals surface area (Å²) in [6.07, 6.45) is 1.10. The van der Waals surface area contributed by atoms with Gasteiger partial charge in [0.1, 0.15) is 5.75 Å². The van der Waals surface area contributed by atoms with Crippen molar-refractivity contribution in [1.29, 1.82) is 0 Å². The van der Waals surface area contributed by atoms with Crippen LogP contribution < -0.4 is 4.74 Å². The highest BCUT2D eigenvalue weighted by molar-refractivity contribution is 5.15. The second-order valence-corrected chi connectivity index (χ2v) is 1.50. The molecule has 1 rings (SSSR count). The number of hydrogen-bond acceptors (Lipinski definition) is 2. The molecule has 0 saturated carbocycles. The first-order valence-electron chi connectivity index (χ1n) is 3.06. The minimum atomic E-state index is -2.84. The van der Waals surface area contributed by atoms with Crippen molar-refractivity contribution in [3.63, 3.8) is 0 Å². The maximum Gasteiger partial charge on any atom is 0.387 e. The van der Waals surface area contributed by atoms with Gasteiger partial charge >= 0.3 is 6.61 Å². The molecule has 2 nitrogen and oxygen atoms in total. The standard InChI is InChI=1S/C6H5F2NO/c7-6(8)10-5-2-1-3-9-4-5/h1-4,6H/i3D. The van der Waals surface area contributed by atoms with Gasteiger partial charge in [-0.2, -0.15) is 8.78 Å². The third-order valence-electron chi connectivity index (χ3n) is 0.814. The number of rotatable bonds is 2. The number of halogens is 2. The van der Waals surface area contributed by atoms with Crippen molar-refractivity contribution in [2.75, 3.05) is 0 Å². The highest BCUT2D eigenvalue weighted by atomic mass is 19.3. The van der Waals surface area contributed by atoms with Crippen molar-refractivity contribution in [2.45, 2.75) is 6.61 Å². The number of ether oxygens (including phenoxy) is 1. The minimum Gasteiger partial charge on any atom is -0.433 e. The van der Waals surface area contributed by atoms with E-state index in [-0.39, 0.29) is 11.9 Å². The predicted octanol–water partition coefficient (Wildman–Crippen LogP) is 1.68. The Labute approximate surface area is 57.9 Å². The van der Waals surface area contributed by atoms with Crippen LogP contribution in [0.25, 0.3) is 0 Å². The Morgan fingerprint density at radius 3 is 3.00 bits per heavy atom. The normalized spacial score (nSPS) is 11.3. The largest absolute Gasteiger partial charge is 0.433 e. The molecule has 0 aliphatic carbocycles. The summed E-state index contributed by atoms with van der Waals surface area (Å²) in [7, 11) is 0. The lowest BCUT2D eigenvalue weighted by molar-refractivity contribution is -0.0500. The molecule has 1 aromatic rings. The summed E-state index contributed by atoms with van der Waals surface area (Å²) in [4.78, 5) is 3.44. The van der Waals surface area contributed by atoms with Gasteiger partial charge in [0.05, 0.1) is 7.57 Å². The van der Waals surface area contributed by atoms with Crippen LogP contribution in [-0.4, -0.2) is 11.6 Å². The summed E-state index contributed by atoms with van der Waals surface area (Å²) >= 11 is 0. The number of pyridine rings is 1. The predicted molar refractivity (Wildman–Crippen MR) is 30.9 cm³/mol. The lowest BCUT2D eigenvalue weighted by atomic mass is 10.5. The van der Waals surface area contributed by atoms with Gasteiger partial charge in [0, 0.05) is 6.17 Å². The van der Waals surface area contributed by atoms with Crippen LogP contribution in [0, 0.1) is 0 Å². The van der Waals surface area contributed by atoms with Gasteiger partial charge in [-0.1, -0.05) is 0 Å². The van der Waals surface area contributed by atoms with Gasteiger partial charge in [0.2, 0.25) is 0 Å². The zero-order valence-electron chi connectivity index (χ0n) is 5.92. The van der Waals surface area contributed by atoms with Crippen molar-refractivity contribution in [3.05, 3.63) is 24.5 Å². The van der Waals surface area contributed by atoms with E-state index in [1.165, 1.54) is 12.1 Å². The monoisotopic (exact) mass is 146 g/mol. The molecule has 1 aromatic heterocycles. The molecular formula is C6H5F2NO. The van der Waals surface area contributed by atoms with Gasteiger partial charge < -0.3 is 4.74 Å². The van der Waals surface area contributed by atoms with Crippen LogP contribution in [0.1, 0.15) is 1.37 Å². The van der Waals surface area contributed by atoms with Crippen LogP contribution in [0.5, 0.6) is 5.75 Å². The fourth-order valence-corrected chi connectivity index (χ4v) is 0.479. The lowest BCUT2D eigenvalue weighted by Crippen LogP contribution is -2.01. The first-order valence-corrected chi connectivity index (χ1v) is 2.56. The number of nitrogens with zero attached hydrogens (tertiary/aromatic N) is 1. The van der Waals surface area contributed by atoms with Crippen LogP contribution >= 0.6 is 0 Å². The minimum absolute atomic E-state index is 0.0200. The number of hydrogen-bond donors (Lipinski definition) is 0. The van der Waals surface area contributed by atoms with Crippen molar-refractivity contribution in [2.24, 2.45) is 0 Å². The molecular weight excluding hydrogens is 140 g/mol. The molecule has 0 N–H and O–H groups in total. The van der Waals surface area contributed by atoms with Crippen LogP contribution in [-0.2, 0) is 0 Å². The molecule has 0 aliphatic rings. The average molecular weight is 146 g/mol. The van der Waals surface area contributed by atoms with Gasteiger partial charge in [0.25, 0.3) is 0 Å². The second-order valence-electron chi connectivity index (χ2n) is 1.50. The summed E-state index contributed by atoms with van der Waals surface area (Å²) < 4.78 is 34.0. The topological polar surface area (TPSA) is 22.1 Å². The SMILES string of the molecule is [2H]c1ccc(OC(F)F)cn1. The molecule has 4 heteroatoms. The van der Waals surface area contributed by atoms with Crippen molar-refractivity contribution in [1.82, 2.24) is 4.98 Å². The first kappa shape index (κ1) is 5.58. The Hall–Kier alpha value is -1.19. The molecule has 0 aromatic carbocycles. The second kappa shape index (κ2) is 3.10. The van der Waals surface area contributed by atoms with E-state index in [2.05, 4.69) is 9.72 Å². The molecule has 0 fully saturated rings. The van der Waals surface area contributed by atoms with Crippen LogP contribution in [0.4, 0.5) is 8.78 Å². The molecule has 0 radical (unpaired) electrons. The quantitative estimate of drug-likeness (QED) is 0.633. The van der Waals surface area contributed by atoms with Gasteiger partial charge in [-0.15, -0.1) is 0 Å². The van der Waals surface area contributed by atoms with E-state index in [9.17, 15) is 8.78 Å². The lowest BCUT2D eigenvalue weighted by Gasteiger charge is -2.00. The maximum atomic E-state index is 11.5. The summed E-state index contributed by atoms with van der Waals surface area (Å²) in [5, 5.41) is 0. The van der Waals surface area contributed by atoms with Crippen molar-refractivity contribution >= 4 is 0 Å². The molecule has 0 saturated heterocycles. The smallest absolute Gasteiger partial charge is 0.387 e. The zero-order chi connectivity index (χ0) is 8.27. The summed E-state index contributed by atoms with van der Waals surface area (Å²) in [6, 6.07) is 2.54. The van der Waals surface area contributed by atoms with E-state index < -0.39 is 6.61 Å². The number of alkyl halides is 2. The number of aromatic nitrogens is 1. The van der Waals surface area contributed by atoms with E-state index in [0.717, 1.165) is 6.20 Å². The molecule has 1 heterocycles. The molecule has 0 spiro atoms. The Morgan fingerprint density at radius 1 is 1.70 bits per heavy atom. The first-order chi connectivity index (χ1) is 5.18. The van der Waals surface area contributed by atoms with Gasteiger partial charge in [-0.25, -0.2) is 0 Å². The molecule has 0 unspecified atom stereocenters. The van der Waals surface area contributed by atoms with Crippen molar-refractivity contribution in [3.8, 4) is 5.75 Å². The van der Waals surface area contributed by atoms with Gasteiger partial charge in [-0.3, -0.25) is 4.98 Å². The summed E-state index contributed by atoms with van der Waals surface area (Å²) in [5.41, 5.74) is 0. The van der Waals surface area contributed by atoms with Crippen molar-refractivity contribution < 1.29 is 14.9 Å². The van der Waals surface area contributed by atoms with E-state index in [1.54, 1.807) is 0 Å². The van der Waals surface area contributed by atoms with Crippen LogP contribution in [0.3, 0.4) is 0 Å². The Balaban J connectivity index is 2.66. The van der Waals surface area contributed by atoms with Gasteiger partial charge in [-0.05, 0) is 12.1 Å². The third kappa shape index (κ3) is 1.97. The molecule has 0 bridgehead atoms. The van der Waals surface area contributed by atoms with E-state index in [0.29, 0.717) is 0 Å². The fraction of sp³-hybridized carbons (Fsp3) is 0.167. The molecule has 0 aliphatic heterocycles. The Bertz CT molecular complexity index is 227. The summed E-state index contributed by atoms with van der Waals surface area (Å²) in [6.45, 7) is -2.84. The molecule has 0 atom stereocenters.